The molecule has 76 valence electrons. The van der Waals surface area contributed by atoms with E-state index in [1.165, 1.54) is 5.56 Å². The van der Waals surface area contributed by atoms with Crippen LogP contribution in [0.25, 0.3) is 0 Å². The monoisotopic (exact) mass is 255 g/mol. The van der Waals surface area contributed by atoms with Gasteiger partial charge in [-0.05, 0) is 24.7 Å². The first-order chi connectivity index (χ1) is 6.77. The average molecular weight is 256 g/mol. The van der Waals surface area contributed by atoms with Crippen molar-refractivity contribution in [2.24, 2.45) is 0 Å². The molecule has 0 bridgehead atoms. The lowest BCUT2D eigenvalue weighted by Gasteiger charge is -2.42. The zero-order chi connectivity index (χ0) is 10.0. The molecule has 1 saturated heterocycles. The Bertz CT molecular complexity index is 323. The van der Waals surface area contributed by atoms with Gasteiger partial charge in [0.2, 0.25) is 0 Å². The molecule has 1 N–H and O–H groups in total. The summed E-state index contributed by atoms with van der Waals surface area (Å²) in [6.07, 6.45) is 0. The molecule has 14 heavy (non-hydrogen) atoms. The standard InChI is InChI=1S/C11H14BrNO/c1-13-6-11(7-14-8-11)9-3-2-4-10(12)5-9/h2-5,13H,6-8H2,1H3. The van der Waals surface area contributed by atoms with E-state index in [4.69, 9.17) is 4.74 Å². The molecule has 0 atom stereocenters. The van der Waals surface area contributed by atoms with E-state index in [1.54, 1.807) is 0 Å². The predicted octanol–water partition coefficient (Wildman–Crippen LogP) is 1.94. The van der Waals surface area contributed by atoms with E-state index in [0.717, 1.165) is 24.2 Å². The van der Waals surface area contributed by atoms with Gasteiger partial charge in [-0.25, -0.2) is 0 Å². The Morgan fingerprint density at radius 2 is 2.29 bits per heavy atom. The van der Waals surface area contributed by atoms with Crippen molar-refractivity contribution in [1.29, 1.82) is 0 Å². The number of halogens is 1. The molecule has 1 aromatic rings. The molecule has 2 nitrogen and oxygen atoms in total. The van der Waals surface area contributed by atoms with Crippen LogP contribution >= 0.6 is 15.9 Å². The van der Waals surface area contributed by atoms with Crippen molar-refractivity contribution >= 4 is 15.9 Å². The topological polar surface area (TPSA) is 21.3 Å². The van der Waals surface area contributed by atoms with Crippen molar-refractivity contribution in [3.63, 3.8) is 0 Å². The third-order valence-corrected chi connectivity index (χ3v) is 3.20. The van der Waals surface area contributed by atoms with E-state index < -0.39 is 0 Å². The van der Waals surface area contributed by atoms with Crippen molar-refractivity contribution in [3.8, 4) is 0 Å². The van der Waals surface area contributed by atoms with E-state index in [0.29, 0.717) is 0 Å². The van der Waals surface area contributed by atoms with Crippen LogP contribution in [0.4, 0.5) is 0 Å². The summed E-state index contributed by atoms with van der Waals surface area (Å²) in [5, 5.41) is 3.23. The van der Waals surface area contributed by atoms with Crippen LogP contribution in [0, 0.1) is 0 Å². The van der Waals surface area contributed by atoms with E-state index in [1.807, 2.05) is 7.05 Å². The summed E-state index contributed by atoms with van der Waals surface area (Å²) in [6, 6.07) is 8.48. The number of hydrogen-bond donors (Lipinski definition) is 1. The van der Waals surface area contributed by atoms with Gasteiger partial charge in [-0.15, -0.1) is 0 Å². The van der Waals surface area contributed by atoms with Crippen LogP contribution in [-0.2, 0) is 10.2 Å². The van der Waals surface area contributed by atoms with Gasteiger partial charge in [0, 0.05) is 11.0 Å². The molecular weight excluding hydrogens is 242 g/mol. The Kier molecular flexibility index (Phi) is 2.91. The molecule has 2 rings (SSSR count). The van der Waals surface area contributed by atoms with Crippen molar-refractivity contribution in [2.75, 3.05) is 26.8 Å². The zero-order valence-corrected chi connectivity index (χ0v) is 9.80. The van der Waals surface area contributed by atoms with Crippen LogP contribution in [-0.4, -0.2) is 26.8 Å². The van der Waals surface area contributed by atoms with E-state index in [-0.39, 0.29) is 5.41 Å². The van der Waals surface area contributed by atoms with Gasteiger partial charge in [0.15, 0.2) is 0 Å². The van der Waals surface area contributed by atoms with Crippen LogP contribution in [0.2, 0.25) is 0 Å². The van der Waals surface area contributed by atoms with Gasteiger partial charge in [0.25, 0.3) is 0 Å². The normalized spacial score (nSPS) is 19.0. The van der Waals surface area contributed by atoms with Gasteiger partial charge in [-0.2, -0.15) is 0 Å². The predicted molar refractivity (Wildman–Crippen MR) is 60.6 cm³/mol. The first-order valence-corrected chi connectivity index (χ1v) is 5.54. The van der Waals surface area contributed by atoms with Crippen molar-refractivity contribution < 1.29 is 4.74 Å². The molecule has 0 spiro atoms. The van der Waals surface area contributed by atoms with Crippen molar-refractivity contribution in [1.82, 2.24) is 5.32 Å². The molecule has 0 amide bonds. The number of benzene rings is 1. The van der Waals surface area contributed by atoms with E-state index in [2.05, 4.69) is 45.5 Å². The lowest BCUT2D eigenvalue weighted by Crippen LogP contribution is -2.52. The first-order valence-electron chi connectivity index (χ1n) is 4.75. The summed E-state index contributed by atoms with van der Waals surface area (Å²) >= 11 is 3.50. The molecule has 1 aliphatic rings. The van der Waals surface area contributed by atoms with Gasteiger partial charge in [0.05, 0.1) is 18.6 Å². The molecule has 0 radical (unpaired) electrons. The molecule has 0 aliphatic carbocycles. The fourth-order valence-electron chi connectivity index (χ4n) is 1.88. The Balaban J connectivity index is 2.27. The molecule has 3 heteroatoms. The summed E-state index contributed by atoms with van der Waals surface area (Å²) in [7, 11) is 1.98. The maximum atomic E-state index is 5.33. The number of nitrogens with one attached hydrogen (secondary N) is 1. The zero-order valence-electron chi connectivity index (χ0n) is 8.22. The van der Waals surface area contributed by atoms with Crippen LogP contribution in [0.3, 0.4) is 0 Å². The minimum absolute atomic E-state index is 0.193. The highest BCUT2D eigenvalue weighted by Crippen LogP contribution is 2.32. The number of rotatable bonds is 3. The smallest absolute Gasteiger partial charge is 0.0598 e. The van der Waals surface area contributed by atoms with Crippen LogP contribution in [0.5, 0.6) is 0 Å². The minimum atomic E-state index is 0.193. The van der Waals surface area contributed by atoms with Gasteiger partial charge in [0.1, 0.15) is 0 Å². The molecule has 0 aromatic heterocycles. The van der Waals surface area contributed by atoms with Gasteiger partial charge in [-0.1, -0.05) is 28.1 Å². The maximum Gasteiger partial charge on any atom is 0.0598 e. The van der Waals surface area contributed by atoms with Crippen LogP contribution in [0.1, 0.15) is 5.56 Å². The van der Waals surface area contributed by atoms with Crippen LogP contribution in [0.15, 0.2) is 28.7 Å². The summed E-state index contributed by atoms with van der Waals surface area (Å²) in [6.45, 7) is 2.62. The fraction of sp³-hybridized carbons (Fsp3) is 0.455. The molecular formula is C11H14BrNO. The summed E-state index contributed by atoms with van der Waals surface area (Å²) in [5.74, 6) is 0. The third-order valence-electron chi connectivity index (χ3n) is 2.71. The van der Waals surface area contributed by atoms with Gasteiger partial charge in [-0.3, -0.25) is 0 Å². The highest BCUT2D eigenvalue weighted by Gasteiger charge is 2.39. The second-order valence-electron chi connectivity index (χ2n) is 3.81. The minimum Gasteiger partial charge on any atom is -0.379 e. The second-order valence-corrected chi connectivity index (χ2v) is 4.73. The Morgan fingerprint density at radius 3 is 2.79 bits per heavy atom. The fourth-order valence-corrected chi connectivity index (χ4v) is 2.28. The molecule has 1 fully saturated rings. The number of hydrogen-bond acceptors (Lipinski definition) is 2. The highest BCUT2D eigenvalue weighted by atomic mass is 79.9. The second kappa shape index (κ2) is 4.01. The first kappa shape index (κ1) is 10.1. The number of likely N-dealkylation sites (N-methyl/N-ethyl adjacent to an activating group) is 1. The molecule has 1 aromatic carbocycles. The maximum absolute atomic E-state index is 5.33. The van der Waals surface area contributed by atoms with Gasteiger partial charge >= 0.3 is 0 Å². The lowest BCUT2D eigenvalue weighted by atomic mass is 9.78. The van der Waals surface area contributed by atoms with Crippen molar-refractivity contribution in [3.05, 3.63) is 34.3 Å². The summed E-state index contributed by atoms with van der Waals surface area (Å²) in [4.78, 5) is 0. The molecule has 0 saturated carbocycles. The third kappa shape index (κ3) is 1.72. The SMILES string of the molecule is CNCC1(c2cccc(Br)c2)COC1. The quantitative estimate of drug-likeness (QED) is 0.892. The largest absolute Gasteiger partial charge is 0.379 e. The molecule has 0 unspecified atom stereocenters. The summed E-state index contributed by atoms with van der Waals surface area (Å²) in [5.41, 5.74) is 1.55. The summed E-state index contributed by atoms with van der Waals surface area (Å²) < 4.78 is 6.47. The molecule has 1 heterocycles. The lowest BCUT2D eigenvalue weighted by molar-refractivity contribution is -0.0582. The Labute approximate surface area is 92.8 Å². The van der Waals surface area contributed by atoms with Crippen LogP contribution < -0.4 is 5.32 Å². The number of ether oxygens (including phenoxy) is 1. The van der Waals surface area contributed by atoms with Crippen molar-refractivity contribution in [2.45, 2.75) is 5.41 Å². The van der Waals surface area contributed by atoms with Gasteiger partial charge < -0.3 is 10.1 Å². The van der Waals surface area contributed by atoms with E-state index >= 15 is 0 Å². The Morgan fingerprint density at radius 1 is 1.50 bits per heavy atom. The average Bonchev–Trinajstić information content (AvgIpc) is 2.11. The van der Waals surface area contributed by atoms with E-state index in [9.17, 15) is 0 Å². The Hall–Kier alpha value is -0.380. The highest BCUT2D eigenvalue weighted by molar-refractivity contribution is 9.10. The molecule has 1 aliphatic heterocycles.